The Hall–Kier alpha value is -2.81. The third-order valence-electron chi connectivity index (χ3n) is 6.22. The number of hydrogen-bond acceptors (Lipinski definition) is 6. The highest BCUT2D eigenvalue weighted by Crippen LogP contribution is 2.31. The average Bonchev–Trinajstić information content (AvgIpc) is 3.25. The fourth-order valence-corrected chi connectivity index (χ4v) is 4.48. The topological polar surface area (TPSA) is 93.5 Å². The van der Waals surface area contributed by atoms with Gasteiger partial charge >= 0.3 is 0 Å². The molecule has 2 amide bonds. The van der Waals surface area contributed by atoms with Crippen LogP contribution in [0.25, 0.3) is 0 Å². The summed E-state index contributed by atoms with van der Waals surface area (Å²) in [4.78, 5) is 34.6. The molecule has 1 saturated heterocycles. The highest BCUT2D eigenvalue weighted by molar-refractivity contribution is 5.86. The molecule has 9 nitrogen and oxygen atoms in total. The molecule has 1 unspecified atom stereocenters. The number of aryl methyl sites for hydroxylation is 1. The normalized spacial score (nSPS) is 19.2. The number of hydrogen-bond donors (Lipinski definition) is 0. The van der Waals surface area contributed by atoms with Gasteiger partial charge in [0.2, 0.25) is 11.8 Å². The summed E-state index contributed by atoms with van der Waals surface area (Å²) >= 11 is 0. The first-order valence-electron chi connectivity index (χ1n) is 11.1. The Morgan fingerprint density at radius 3 is 2.61 bits per heavy atom. The summed E-state index contributed by atoms with van der Waals surface area (Å²) in [5.41, 5.74) is 2.60. The summed E-state index contributed by atoms with van der Waals surface area (Å²) in [6.07, 6.45) is 4.92. The zero-order valence-corrected chi connectivity index (χ0v) is 18.2. The number of fused-ring (bicyclic) bond motifs is 1. The Labute approximate surface area is 182 Å². The van der Waals surface area contributed by atoms with Gasteiger partial charge in [0.15, 0.2) is 0 Å². The number of aromatic nitrogens is 4. The van der Waals surface area contributed by atoms with Crippen LogP contribution in [-0.2, 0) is 34.0 Å². The van der Waals surface area contributed by atoms with Gasteiger partial charge in [-0.3, -0.25) is 14.6 Å². The van der Waals surface area contributed by atoms with E-state index in [0.717, 1.165) is 29.8 Å². The lowest BCUT2D eigenvalue weighted by atomic mass is 9.93. The summed E-state index contributed by atoms with van der Waals surface area (Å²) < 4.78 is 7.21. The molecule has 0 saturated carbocycles. The molecule has 0 aromatic carbocycles. The maximum atomic E-state index is 13.7. The lowest BCUT2D eigenvalue weighted by Crippen LogP contribution is -2.47. The summed E-state index contributed by atoms with van der Waals surface area (Å²) in [6.45, 7) is 7.68. The van der Waals surface area contributed by atoms with Crippen LogP contribution in [0.2, 0.25) is 0 Å². The number of amides is 2. The fraction of sp³-hybridized carbons (Fsp3) is 0.591. The van der Waals surface area contributed by atoms with Crippen LogP contribution >= 0.6 is 0 Å². The van der Waals surface area contributed by atoms with E-state index >= 15 is 0 Å². The Morgan fingerprint density at radius 1 is 1.19 bits per heavy atom. The van der Waals surface area contributed by atoms with Crippen LogP contribution in [0.1, 0.15) is 49.6 Å². The number of carbonyl (C=O) groups excluding carboxylic acids is 2. The van der Waals surface area contributed by atoms with Gasteiger partial charge in [-0.2, -0.15) is 0 Å². The van der Waals surface area contributed by atoms with E-state index in [1.807, 2.05) is 30.9 Å². The van der Waals surface area contributed by atoms with Gasteiger partial charge in [0.25, 0.3) is 0 Å². The smallest absolute Gasteiger partial charge is 0.233 e. The van der Waals surface area contributed by atoms with Crippen LogP contribution in [0.4, 0.5) is 0 Å². The molecule has 2 aliphatic heterocycles. The number of rotatable bonds is 6. The largest absolute Gasteiger partial charge is 0.381 e. The summed E-state index contributed by atoms with van der Waals surface area (Å²) in [5, 5.41) is 8.58. The van der Waals surface area contributed by atoms with Crippen LogP contribution in [0, 0.1) is 5.92 Å². The molecule has 0 bridgehead atoms. The Bertz CT molecular complexity index is 909. The number of likely N-dealkylation sites (N-methyl/N-ethyl adjacent to an activating group) is 1. The second kappa shape index (κ2) is 9.55. The average molecular weight is 427 g/mol. The molecule has 1 atom stereocenters. The van der Waals surface area contributed by atoms with Crippen LogP contribution in [-0.4, -0.2) is 67.9 Å². The van der Waals surface area contributed by atoms with Crippen molar-refractivity contribution in [2.75, 3.05) is 26.3 Å². The molecule has 9 heteroatoms. The molecule has 2 aromatic heterocycles. The first kappa shape index (κ1) is 21.4. The Morgan fingerprint density at radius 2 is 1.94 bits per heavy atom. The maximum absolute atomic E-state index is 13.7. The minimum Gasteiger partial charge on any atom is -0.381 e. The van der Waals surface area contributed by atoms with E-state index < -0.39 is 5.92 Å². The highest BCUT2D eigenvalue weighted by Gasteiger charge is 2.40. The van der Waals surface area contributed by atoms with E-state index in [4.69, 9.17) is 4.74 Å². The molecule has 31 heavy (non-hydrogen) atoms. The quantitative estimate of drug-likeness (QED) is 0.696. The van der Waals surface area contributed by atoms with Crippen molar-refractivity contribution in [3.05, 3.63) is 41.5 Å². The van der Waals surface area contributed by atoms with Crippen molar-refractivity contribution in [1.82, 2.24) is 29.8 Å². The summed E-state index contributed by atoms with van der Waals surface area (Å²) in [5.74, 6) is -0.423. The van der Waals surface area contributed by atoms with Crippen LogP contribution in [0.3, 0.4) is 0 Å². The van der Waals surface area contributed by atoms with Gasteiger partial charge < -0.3 is 14.5 Å². The molecule has 0 radical (unpaired) electrons. The highest BCUT2D eigenvalue weighted by atomic mass is 16.5. The van der Waals surface area contributed by atoms with Gasteiger partial charge in [0.05, 0.1) is 18.2 Å². The van der Waals surface area contributed by atoms with Crippen molar-refractivity contribution < 1.29 is 14.3 Å². The van der Waals surface area contributed by atoms with Crippen molar-refractivity contribution in [2.45, 2.75) is 52.2 Å². The fourth-order valence-electron chi connectivity index (χ4n) is 4.48. The van der Waals surface area contributed by atoms with E-state index in [-0.39, 0.29) is 17.7 Å². The number of nitrogens with zero attached hydrogens (tertiary/aromatic N) is 6. The van der Waals surface area contributed by atoms with Crippen LogP contribution in [0.15, 0.2) is 24.5 Å². The molecule has 4 heterocycles. The van der Waals surface area contributed by atoms with E-state index in [2.05, 4.69) is 15.3 Å². The first-order valence-corrected chi connectivity index (χ1v) is 11.1. The van der Waals surface area contributed by atoms with E-state index in [1.54, 1.807) is 22.0 Å². The Kier molecular flexibility index (Phi) is 6.60. The summed E-state index contributed by atoms with van der Waals surface area (Å²) in [7, 11) is 0. The molecule has 0 aliphatic carbocycles. The number of carbonyl (C=O) groups is 2. The molecular formula is C22H30N6O3. The monoisotopic (exact) mass is 426 g/mol. The lowest BCUT2D eigenvalue weighted by Gasteiger charge is -2.36. The van der Waals surface area contributed by atoms with Gasteiger partial charge in [-0.25, -0.2) is 4.68 Å². The first-order chi connectivity index (χ1) is 15.1. The van der Waals surface area contributed by atoms with Crippen molar-refractivity contribution >= 4 is 11.8 Å². The predicted molar refractivity (Wildman–Crippen MR) is 113 cm³/mol. The molecule has 0 N–H and O–H groups in total. The van der Waals surface area contributed by atoms with Crippen molar-refractivity contribution in [3.63, 3.8) is 0 Å². The van der Waals surface area contributed by atoms with E-state index in [0.29, 0.717) is 45.9 Å². The zero-order chi connectivity index (χ0) is 21.8. The zero-order valence-electron chi connectivity index (χ0n) is 18.2. The van der Waals surface area contributed by atoms with Crippen LogP contribution < -0.4 is 0 Å². The van der Waals surface area contributed by atoms with Gasteiger partial charge in [-0.05, 0) is 44.4 Å². The Balaban J connectivity index is 1.59. The molecule has 4 rings (SSSR count). The van der Waals surface area contributed by atoms with Gasteiger partial charge in [-0.1, -0.05) is 5.21 Å². The van der Waals surface area contributed by atoms with E-state index in [9.17, 15) is 9.59 Å². The van der Waals surface area contributed by atoms with Crippen molar-refractivity contribution in [2.24, 2.45) is 5.92 Å². The number of ether oxygens (including phenoxy) is 1. The van der Waals surface area contributed by atoms with Crippen molar-refractivity contribution in [1.29, 1.82) is 0 Å². The number of pyridine rings is 1. The molecular weight excluding hydrogens is 396 g/mol. The maximum Gasteiger partial charge on any atom is 0.233 e. The van der Waals surface area contributed by atoms with Gasteiger partial charge in [0.1, 0.15) is 5.69 Å². The van der Waals surface area contributed by atoms with E-state index in [1.165, 1.54) is 0 Å². The van der Waals surface area contributed by atoms with Crippen LogP contribution in [0.5, 0.6) is 0 Å². The third-order valence-corrected chi connectivity index (χ3v) is 6.22. The second-order valence-electron chi connectivity index (χ2n) is 8.10. The molecule has 0 spiro atoms. The predicted octanol–water partition coefficient (Wildman–Crippen LogP) is 1.59. The second-order valence-corrected chi connectivity index (χ2v) is 8.10. The third kappa shape index (κ3) is 4.46. The van der Waals surface area contributed by atoms with Gasteiger partial charge in [0, 0.05) is 57.7 Å². The molecule has 1 fully saturated rings. The van der Waals surface area contributed by atoms with Crippen molar-refractivity contribution in [3.8, 4) is 0 Å². The standard InChI is InChI=1S/C22H30N6O3/c1-3-26(13-16-5-9-23-10-6-16)22(30)18-14-27(21(29)17-7-11-31-12-8-17)15-19-20(18)28(4-2)25-24-19/h5-6,9-10,17-18H,3-4,7-8,11-15H2,1-2H3. The van der Waals surface area contributed by atoms with Gasteiger partial charge in [-0.15, -0.1) is 5.10 Å². The molecule has 166 valence electrons. The minimum atomic E-state index is -0.468. The molecule has 2 aromatic rings. The molecule has 2 aliphatic rings. The minimum absolute atomic E-state index is 0.00189. The SMILES string of the molecule is CCN(Cc1ccncc1)C(=O)C1CN(C(=O)C2CCOCC2)Cc2nnn(CC)c21. The summed E-state index contributed by atoms with van der Waals surface area (Å²) in [6, 6.07) is 3.84. The lowest BCUT2D eigenvalue weighted by molar-refractivity contribution is -0.142.